The Kier molecular flexibility index (Phi) is 4.71. The maximum atomic E-state index is 12.7. The van der Waals surface area contributed by atoms with Crippen molar-refractivity contribution in [3.63, 3.8) is 0 Å². The van der Waals surface area contributed by atoms with E-state index in [4.69, 9.17) is 15.9 Å². The summed E-state index contributed by atoms with van der Waals surface area (Å²) in [5.74, 6) is 4.35. The van der Waals surface area contributed by atoms with Crippen molar-refractivity contribution >= 4 is 17.4 Å². The van der Waals surface area contributed by atoms with Gasteiger partial charge in [-0.1, -0.05) is 12.0 Å². The smallest absolute Gasteiger partial charge is 0.226 e. The number of aromatic nitrogens is 6. The van der Waals surface area contributed by atoms with E-state index in [1.54, 1.807) is 28.4 Å². The summed E-state index contributed by atoms with van der Waals surface area (Å²) in [4.78, 5) is 12.7. The lowest BCUT2D eigenvalue weighted by atomic mass is 9.85. The molecular formula is C22H19N7O3. The third-order valence-corrected chi connectivity index (χ3v) is 5.37. The van der Waals surface area contributed by atoms with E-state index in [0.29, 0.717) is 28.8 Å². The summed E-state index contributed by atoms with van der Waals surface area (Å²) in [6.07, 6.45) is 7.13. The number of aryl methyl sites for hydroxylation is 1. The predicted octanol–water partition coefficient (Wildman–Crippen LogP) is 2.11. The molecule has 1 N–H and O–H groups in total. The number of nitrogens with zero attached hydrogens (tertiary/aromatic N) is 6. The fourth-order valence-corrected chi connectivity index (χ4v) is 3.97. The van der Waals surface area contributed by atoms with Gasteiger partial charge in [-0.3, -0.25) is 4.79 Å². The Balaban J connectivity index is 1.61. The average molecular weight is 429 g/mol. The molecule has 0 unspecified atom stereocenters. The molecule has 0 saturated carbocycles. The van der Waals surface area contributed by atoms with Crippen molar-refractivity contribution in [3.05, 3.63) is 53.5 Å². The summed E-state index contributed by atoms with van der Waals surface area (Å²) in [5, 5.41) is 20.0. The van der Waals surface area contributed by atoms with Crippen LogP contribution in [0.5, 0.6) is 11.5 Å². The first-order valence-corrected chi connectivity index (χ1v) is 9.90. The fourth-order valence-electron chi connectivity index (χ4n) is 3.97. The van der Waals surface area contributed by atoms with Gasteiger partial charge in [-0.25, -0.2) is 0 Å². The zero-order valence-electron chi connectivity index (χ0n) is 17.4. The fraction of sp³-hybridized carbons (Fsp3) is 0.227. The second-order valence-electron chi connectivity index (χ2n) is 7.29. The Labute approximate surface area is 183 Å². The molecule has 10 nitrogen and oxygen atoms in total. The third kappa shape index (κ3) is 3.20. The maximum absolute atomic E-state index is 12.7. The number of hydrogen-bond donors (Lipinski definition) is 1. The van der Waals surface area contributed by atoms with Crippen LogP contribution in [-0.2, 0) is 4.79 Å². The molecule has 0 radical (unpaired) electrons. The van der Waals surface area contributed by atoms with Gasteiger partial charge >= 0.3 is 0 Å². The summed E-state index contributed by atoms with van der Waals surface area (Å²) in [7, 11) is 1.57. The highest BCUT2D eigenvalue weighted by molar-refractivity contribution is 5.95. The Hall–Kier alpha value is -4.39. The van der Waals surface area contributed by atoms with Crippen LogP contribution < -0.4 is 14.8 Å². The van der Waals surface area contributed by atoms with Crippen molar-refractivity contribution in [2.24, 2.45) is 0 Å². The molecule has 1 amide bonds. The summed E-state index contributed by atoms with van der Waals surface area (Å²) in [6.45, 7) is 2.03. The summed E-state index contributed by atoms with van der Waals surface area (Å²) >= 11 is 0. The van der Waals surface area contributed by atoms with Crippen LogP contribution in [0.15, 0.2) is 36.7 Å². The van der Waals surface area contributed by atoms with E-state index in [0.717, 1.165) is 16.8 Å². The van der Waals surface area contributed by atoms with E-state index in [2.05, 4.69) is 31.6 Å². The van der Waals surface area contributed by atoms with E-state index in [-0.39, 0.29) is 24.9 Å². The number of fused-ring (bicyclic) bond motifs is 2. The first-order chi connectivity index (χ1) is 15.6. The molecule has 1 aliphatic rings. The number of terminal acetylenes is 1. The molecule has 1 aliphatic heterocycles. The highest BCUT2D eigenvalue weighted by Crippen LogP contribution is 2.42. The Morgan fingerprint density at radius 3 is 2.94 bits per heavy atom. The zero-order chi connectivity index (χ0) is 22.2. The van der Waals surface area contributed by atoms with Crippen molar-refractivity contribution in [2.45, 2.75) is 19.3 Å². The number of amides is 1. The van der Waals surface area contributed by atoms with Crippen molar-refractivity contribution in [1.29, 1.82) is 0 Å². The van der Waals surface area contributed by atoms with Crippen LogP contribution >= 0.6 is 0 Å². The van der Waals surface area contributed by atoms with Gasteiger partial charge in [-0.15, -0.1) is 21.7 Å². The number of methoxy groups -OCH3 is 1. The van der Waals surface area contributed by atoms with E-state index >= 15 is 0 Å². The van der Waals surface area contributed by atoms with Crippen molar-refractivity contribution < 1.29 is 14.3 Å². The minimum Gasteiger partial charge on any atom is -0.493 e. The lowest BCUT2D eigenvalue weighted by Crippen LogP contribution is -2.25. The van der Waals surface area contributed by atoms with Gasteiger partial charge in [0.2, 0.25) is 5.91 Å². The lowest BCUT2D eigenvalue weighted by molar-refractivity contribution is -0.116. The molecule has 4 aromatic rings. The number of hydrogen-bond acceptors (Lipinski definition) is 7. The van der Waals surface area contributed by atoms with Crippen molar-refractivity contribution in [2.75, 3.05) is 19.0 Å². The second kappa shape index (κ2) is 7.70. The number of carbonyl (C=O) groups excluding carboxylic acids is 1. The molecule has 4 heterocycles. The highest BCUT2D eigenvalue weighted by Gasteiger charge is 2.33. The molecule has 1 atom stereocenters. The van der Waals surface area contributed by atoms with Gasteiger partial charge in [0.15, 0.2) is 23.0 Å². The van der Waals surface area contributed by atoms with Crippen LogP contribution in [0.2, 0.25) is 0 Å². The largest absolute Gasteiger partial charge is 0.493 e. The molecule has 0 fully saturated rings. The normalized spacial score (nSPS) is 15.2. The Bertz CT molecular complexity index is 1380. The summed E-state index contributed by atoms with van der Waals surface area (Å²) in [5.41, 5.74) is 3.23. The van der Waals surface area contributed by atoms with Crippen molar-refractivity contribution in [1.82, 2.24) is 29.6 Å². The molecule has 0 spiro atoms. The number of benzene rings is 1. The lowest BCUT2D eigenvalue weighted by Gasteiger charge is -2.25. The molecule has 0 aliphatic carbocycles. The summed E-state index contributed by atoms with van der Waals surface area (Å²) in [6, 6.07) is 9.17. The highest BCUT2D eigenvalue weighted by atomic mass is 16.5. The summed E-state index contributed by atoms with van der Waals surface area (Å²) < 4.78 is 14.2. The number of anilines is 1. The van der Waals surface area contributed by atoms with E-state index in [9.17, 15) is 4.79 Å². The maximum Gasteiger partial charge on any atom is 0.226 e. The van der Waals surface area contributed by atoms with Gasteiger partial charge in [0.1, 0.15) is 18.8 Å². The van der Waals surface area contributed by atoms with E-state index < -0.39 is 0 Å². The standard InChI is InChI=1S/C22H19N7O3/c1-4-9-32-17-10-14(5-6-16(17)31-3)15-11-20(30)24-22-21(15)13(2)26-29(22)19-8-7-18-25-23-12-28(18)27-19/h1,5-8,10,12,15H,9,11H2,2-3H3,(H,24,30)/t15-/m1/s1. The SMILES string of the molecule is C#CCOc1cc([C@H]2CC(=O)Nc3c2c(C)nn3-c2ccc3nncn3n2)ccc1OC. The molecule has 0 saturated heterocycles. The topological polar surface area (TPSA) is 108 Å². The van der Waals surface area contributed by atoms with Gasteiger partial charge in [0.25, 0.3) is 0 Å². The predicted molar refractivity (Wildman–Crippen MR) is 115 cm³/mol. The molecule has 1 aromatic carbocycles. The molecule has 10 heteroatoms. The average Bonchev–Trinajstić information content (AvgIpc) is 3.40. The minimum absolute atomic E-state index is 0.115. The van der Waals surface area contributed by atoms with Crippen LogP contribution in [0.1, 0.15) is 29.2 Å². The Morgan fingerprint density at radius 2 is 2.12 bits per heavy atom. The molecule has 32 heavy (non-hydrogen) atoms. The molecular weight excluding hydrogens is 410 g/mol. The van der Waals surface area contributed by atoms with Crippen LogP contribution in [-0.4, -0.2) is 49.2 Å². The first kappa shape index (κ1) is 19.6. The van der Waals surface area contributed by atoms with Gasteiger partial charge in [-0.05, 0) is 36.8 Å². The van der Waals surface area contributed by atoms with Gasteiger partial charge < -0.3 is 14.8 Å². The first-order valence-electron chi connectivity index (χ1n) is 9.90. The number of carbonyl (C=O) groups is 1. The van der Waals surface area contributed by atoms with E-state index in [1.165, 1.54) is 6.33 Å². The van der Waals surface area contributed by atoms with Gasteiger partial charge in [0, 0.05) is 17.9 Å². The van der Waals surface area contributed by atoms with Crippen LogP contribution in [0, 0.1) is 19.3 Å². The number of nitrogens with one attached hydrogen (secondary N) is 1. The monoisotopic (exact) mass is 429 g/mol. The molecule has 5 rings (SSSR count). The molecule has 160 valence electrons. The second-order valence-corrected chi connectivity index (χ2v) is 7.29. The number of ether oxygens (including phenoxy) is 2. The quantitative estimate of drug-likeness (QED) is 0.484. The van der Waals surface area contributed by atoms with Crippen LogP contribution in [0.4, 0.5) is 5.82 Å². The molecule has 0 bridgehead atoms. The van der Waals surface area contributed by atoms with Crippen molar-refractivity contribution in [3.8, 4) is 29.7 Å². The van der Waals surface area contributed by atoms with Crippen LogP contribution in [0.25, 0.3) is 11.5 Å². The Morgan fingerprint density at radius 1 is 1.25 bits per heavy atom. The van der Waals surface area contributed by atoms with Gasteiger partial charge in [-0.2, -0.15) is 14.3 Å². The van der Waals surface area contributed by atoms with Gasteiger partial charge in [0.05, 0.1) is 12.8 Å². The van der Waals surface area contributed by atoms with Crippen LogP contribution in [0.3, 0.4) is 0 Å². The third-order valence-electron chi connectivity index (χ3n) is 5.37. The van der Waals surface area contributed by atoms with E-state index in [1.807, 2.05) is 25.1 Å². The molecule has 3 aromatic heterocycles. The minimum atomic E-state index is -0.217. The zero-order valence-corrected chi connectivity index (χ0v) is 17.4. The number of rotatable bonds is 5.